The van der Waals surface area contributed by atoms with Gasteiger partial charge < -0.3 is 14.7 Å². The van der Waals surface area contributed by atoms with Gasteiger partial charge in [0.05, 0.1) is 11.7 Å². The summed E-state index contributed by atoms with van der Waals surface area (Å²) in [6, 6.07) is 0. The maximum Gasteiger partial charge on any atom is 0.237 e. The number of carbonyl (C=O) groups is 1. The molecule has 0 aromatic rings. The lowest BCUT2D eigenvalue weighted by atomic mass is 9.84. The average Bonchev–Trinajstić information content (AvgIpc) is 2.28. The van der Waals surface area contributed by atoms with E-state index in [9.17, 15) is 9.90 Å². The summed E-state index contributed by atoms with van der Waals surface area (Å²) in [5, 5.41) is 9.70. The van der Waals surface area contributed by atoms with Gasteiger partial charge >= 0.3 is 0 Å². The first-order chi connectivity index (χ1) is 7.65. The number of halogens is 1. The number of alkyl halides is 1. The van der Waals surface area contributed by atoms with Gasteiger partial charge in [-0.05, 0) is 19.3 Å². The highest BCUT2D eigenvalue weighted by Crippen LogP contribution is 2.33. The third-order valence-corrected chi connectivity index (χ3v) is 3.70. The van der Waals surface area contributed by atoms with E-state index in [2.05, 4.69) is 0 Å². The molecule has 16 heavy (non-hydrogen) atoms. The number of nitrogens with zero attached hydrogens (tertiary/aromatic N) is 1. The summed E-state index contributed by atoms with van der Waals surface area (Å²) in [6.45, 7) is 1.92. The van der Waals surface area contributed by atoms with Crippen LogP contribution in [0.25, 0.3) is 0 Å². The van der Waals surface area contributed by atoms with Gasteiger partial charge in [0, 0.05) is 26.1 Å². The van der Waals surface area contributed by atoms with Crippen molar-refractivity contribution in [3.8, 4) is 0 Å². The number of likely N-dealkylation sites (tertiary alicyclic amines) is 1. The quantitative estimate of drug-likeness (QED) is 0.696. The Morgan fingerprint density at radius 2 is 2.44 bits per heavy atom. The lowest BCUT2D eigenvalue weighted by molar-refractivity contribution is -0.159. The van der Waals surface area contributed by atoms with E-state index in [1.54, 1.807) is 4.90 Å². The molecule has 2 aliphatic heterocycles. The van der Waals surface area contributed by atoms with Crippen LogP contribution in [0.4, 0.5) is 0 Å². The van der Waals surface area contributed by atoms with E-state index >= 15 is 0 Å². The lowest BCUT2D eigenvalue weighted by Crippen LogP contribution is -2.55. The first-order valence-electron chi connectivity index (χ1n) is 5.81. The van der Waals surface area contributed by atoms with Gasteiger partial charge in [-0.25, -0.2) is 0 Å². The number of amides is 1. The Labute approximate surface area is 101 Å². The Hall–Kier alpha value is -0.320. The summed E-state index contributed by atoms with van der Waals surface area (Å²) < 4.78 is 5.80. The number of piperidine rings is 1. The number of hydrogen-bond acceptors (Lipinski definition) is 3. The molecule has 0 aromatic carbocycles. The van der Waals surface area contributed by atoms with Crippen molar-refractivity contribution in [3.05, 3.63) is 0 Å². The molecule has 1 spiro atoms. The first kappa shape index (κ1) is 12.1. The van der Waals surface area contributed by atoms with Crippen LogP contribution in [-0.4, -0.2) is 53.2 Å². The second-order valence-corrected chi connectivity index (χ2v) is 5.00. The van der Waals surface area contributed by atoms with Crippen molar-refractivity contribution in [1.29, 1.82) is 0 Å². The van der Waals surface area contributed by atoms with Crippen LogP contribution >= 0.6 is 11.6 Å². The summed E-state index contributed by atoms with van der Waals surface area (Å²) >= 11 is 5.56. The van der Waals surface area contributed by atoms with Gasteiger partial charge in [0.2, 0.25) is 5.91 Å². The zero-order valence-electron chi connectivity index (χ0n) is 9.32. The molecule has 2 rings (SSSR count). The Kier molecular flexibility index (Phi) is 3.72. The van der Waals surface area contributed by atoms with E-state index in [1.807, 2.05) is 0 Å². The average molecular weight is 248 g/mol. The predicted octanol–water partition coefficient (Wildman–Crippen LogP) is 0.758. The number of rotatable bonds is 1. The normalized spacial score (nSPS) is 35.4. The third kappa shape index (κ3) is 2.50. The maximum absolute atomic E-state index is 11.6. The summed E-state index contributed by atoms with van der Waals surface area (Å²) in [6.07, 6.45) is 2.90. The van der Waals surface area contributed by atoms with E-state index in [4.69, 9.17) is 16.3 Å². The zero-order valence-corrected chi connectivity index (χ0v) is 10.1. The van der Waals surface area contributed by atoms with Crippen LogP contribution in [0.15, 0.2) is 0 Å². The second-order valence-electron chi connectivity index (χ2n) is 4.73. The Balaban J connectivity index is 2.02. The summed E-state index contributed by atoms with van der Waals surface area (Å²) in [7, 11) is 0. The highest BCUT2D eigenvalue weighted by molar-refractivity contribution is 6.27. The maximum atomic E-state index is 11.6. The Morgan fingerprint density at radius 3 is 3.12 bits per heavy atom. The number of ether oxygens (including phenoxy) is 1. The topological polar surface area (TPSA) is 49.8 Å². The Morgan fingerprint density at radius 1 is 1.62 bits per heavy atom. The van der Waals surface area contributed by atoms with E-state index in [0.29, 0.717) is 26.0 Å². The minimum Gasteiger partial charge on any atom is -0.393 e. The molecular weight excluding hydrogens is 230 g/mol. The van der Waals surface area contributed by atoms with Gasteiger partial charge in [0.15, 0.2) is 0 Å². The number of aliphatic hydroxyl groups is 1. The molecule has 2 saturated heterocycles. The van der Waals surface area contributed by atoms with Gasteiger partial charge in [0.1, 0.15) is 5.88 Å². The van der Waals surface area contributed by atoms with Crippen LogP contribution in [-0.2, 0) is 9.53 Å². The molecule has 0 bridgehead atoms. The molecule has 92 valence electrons. The molecule has 0 radical (unpaired) electrons. The van der Waals surface area contributed by atoms with Gasteiger partial charge in [-0.3, -0.25) is 4.79 Å². The fourth-order valence-corrected chi connectivity index (χ4v) is 2.85. The summed E-state index contributed by atoms with van der Waals surface area (Å²) in [5.41, 5.74) is -0.322. The first-order valence-corrected chi connectivity index (χ1v) is 6.34. The fourth-order valence-electron chi connectivity index (χ4n) is 2.68. The summed E-state index contributed by atoms with van der Waals surface area (Å²) in [4.78, 5) is 13.3. The van der Waals surface area contributed by atoms with Gasteiger partial charge in [0.25, 0.3) is 0 Å². The number of hydrogen-bond donors (Lipinski definition) is 1. The monoisotopic (exact) mass is 247 g/mol. The molecule has 0 unspecified atom stereocenters. The molecule has 0 saturated carbocycles. The molecule has 0 aromatic heterocycles. The SMILES string of the molecule is O=C(CCl)N1CCC[C@@]2(C[C@H](O)CCO2)C1. The van der Waals surface area contributed by atoms with Crippen molar-refractivity contribution in [2.75, 3.05) is 25.6 Å². The number of carbonyl (C=O) groups excluding carboxylic acids is 1. The molecule has 5 heteroatoms. The minimum absolute atomic E-state index is 0.0264. The largest absolute Gasteiger partial charge is 0.393 e. The lowest BCUT2D eigenvalue weighted by Gasteiger charge is -2.46. The van der Waals surface area contributed by atoms with E-state index in [0.717, 1.165) is 19.4 Å². The third-order valence-electron chi connectivity index (χ3n) is 3.47. The molecule has 2 aliphatic rings. The van der Waals surface area contributed by atoms with Crippen molar-refractivity contribution >= 4 is 17.5 Å². The highest BCUT2D eigenvalue weighted by Gasteiger charge is 2.41. The van der Waals surface area contributed by atoms with Crippen molar-refractivity contribution in [2.45, 2.75) is 37.4 Å². The van der Waals surface area contributed by atoms with E-state index < -0.39 is 0 Å². The molecule has 0 aliphatic carbocycles. The van der Waals surface area contributed by atoms with Crippen LogP contribution in [0.5, 0.6) is 0 Å². The van der Waals surface area contributed by atoms with Crippen molar-refractivity contribution in [3.63, 3.8) is 0 Å². The predicted molar refractivity (Wildman–Crippen MR) is 60.5 cm³/mol. The van der Waals surface area contributed by atoms with Crippen LogP contribution in [0.1, 0.15) is 25.7 Å². The Bertz CT molecular complexity index is 270. The smallest absolute Gasteiger partial charge is 0.237 e. The van der Waals surface area contributed by atoms with E-state index in [1.165, 1.54) is 0 Å². The molecule has 2 atom stereocenters. The fraction of sp³-hybridized carbons (Fsp3) is 0.909. The van der Waals surface area contributed by atoms with Crippen LogP contribution < -0.4 is 0 Å². The molecule has 2 heterocycles. The summed E-state index contributed by atoms with van der Waals surface area (Å²) in [5.74, 6) is -0.0112. The van der Waals surface area contributed by atoms with Crippen LogP contribution in [0.2, 0.25) is 0 Å². The van der Waals surface area contributed by atoms with Gasteiger partial charge in [-0.15, -0.1) is 11.6 Å². The molecular formula is C11H18ClNO3. The highest BCUT2D eigenvalue weighted by atomic mass is 35.5. The standard InChI is InChI=1S/C11H18ClNO3/c12-7-10(15)13-4-1-3-11(8-13)6-9(14)2-5-16-11/h9,14H,1-8H2/t9-,11-/m1/s1. The minimum atomic E-state index is -0.322. The molecule has 1 amide bonds. The van der Waals surface area contributed by atoms with Crippen molar-refractivity contribution in [2.24, 2.45) is 0 Å². The molecule has 2 fully saturated rings. The van der Waals surface area contributed by atoms with Crippen molar-refractivity contribution < 1.29 is 14.6 Å². The molecule has 1 N–H and O–H groups in total. The second kappa shape index (κ2) is 4.90. The van der Waals surface area contributed by atoms with Gasteiger partial charge in [-0.2, -0.15) is 0 Å². The van der Waals surface area contributed by atoms with Gasteiger partial charge in [-0.1, -0.05) is 0 Å². The molecule has 4 nitrogen and oxygen atoms in total. The zero-order chi connectivity index (χ0) is 11.6. The van der Waals surface area contributed by atoms with Crippen LogP contribution in [0.3, 0.4) is 0 Å². The van der Waals surface area contributed by atoms with E-state index in [-0.39, 0.29) is 23.5 Å². The van der Waals surface area contributed by atoms with Crippen LogP contribution in [0, 0.1) is 0 Å². The number of aliphatic hydroxyl groups excluding tert-OH is 1. The van der Waals surface area contributed by atoms with Crippen molar-refractivity contribution in [1.82, 2.24) is 4.90 Å².